The summed E-state index contributed by atoms with van der Waals surface area (Å²) in [5.74, 6) is -0.977. The summed E-state index contributed by atoms with van der Waals surface area (Å²) in [5, 5.41) is 2.87. The van der Waals surface area contributed by atoms with Crippen LogP contribution < -0.4 is 5.32 Å². The highest BCUT2D eigenvalue weighted by Gasteiger charge is 2.23. The molecule has 1 aliphatic carbocycles. The fraction of sp³-hybridized carbons (Fsp3) is 0.429. The van der Waals surface area contributed by atoms with E-state index in [4.69, 9.17) is 11.6 Å². The van der Waals surface area contributed by atoms with Crippen molar-refractivity contribution in [1.82, 2.24) is 14.9 Å². The van der Waals surface area contributed by atoms with Crippen LogP contribution in [0.5, 0.6) is 0 Å². The molecule has 3 rings (SSSR count). The Morgan fingerprint density at radius 3 is 2.86 bits per heavy atom. The highest BCUT2D eigenvalue weighted by molar-refractivity contribution is 6.16. The maximum Gasteiger partial charge on any atom is 0.222 e. The van der Waals surface area contributed by atoms with Crippen LogP contribution in [-0.2, 0) is 17.2 Å². The van der Waals surface area contributed by atoms with Crippen molar-refractivity contribution in [2.45, 2.75) is 37.7 Å². The highest BCUT2D eigenvalue weighted by atomic mass is 35.5. The fourth-order valence-electron chi connectivity index (χ4n) is 2.29. The Morgan fingerprint density at radius 2 is 2.19 bits per heavy atom. The molecule has 1 aromatic carbocycles. The lowest BCUT2D eigenvalue weighted by Crippen LogP contribution is -2.26. The summed E-state index contributed by atoms with van der Waals surface area (Å²) in [7, 11) is 0. The first-order chi connectivity index (χ1) is 10.1. The van der Waals surface area contributed by atoms with E-state index in [1.165, 1.54) is 6.07 Å². The molecule has 21 heavy (non-hydrogen) atoms. The standard InChI is InChI=1S/C14H14ClF2N3O/c15-7-12-19-14-10(17)5-8(16)6-11(14)20(12)4-3-13(21)18-9-1-2-9/h5-6,9H,1-4,7H2,(H,18,21). The largest absolute Gasteiger partial charge is 0.353 e. The van der Waals surface area contributed by atoms with Gasteiger partial charge in [0.05, 0.1) is 11.4 Å². The molecular weight excluding hydrogens is 300 g/mol. The second kappa shape index (κ2) is 5.60. The quantitative estimate of drug-likeness (QED) is 0.863. The van der Waals surface area contributed by atoms with Crippen LogP contribution in [0.1, 0.15) is 25.1 Å². The van der Waals surface area contributed by atoms with E-state index in [0.717, 1.165) is 18.9 Å². The topological polar surface area (TPSA) is 46.9 Å². The van der Waals surface area contributed by atoms with Gasteiger partial charge in [0.1, 0.15) is 17.2 Å². The minimum atomic E-state index is -0.724. The molecule has 1 saturated carbocycles. The van der Waals surface area contributed by atoms with Crippen LogP contribution in [0.4, 0.5) is 8.78 Å². The normalized spacial score (nSPS) is 14.6. The number of aryl methyl sites for hydroxylation is 1. The number of nitrogens with zero attached hydrogens (tertiary/aromatic N) is 2. The van der Waals surface area contributed by atoms with E-state index in [2.05, 4.69) is 10.3 Å². The minimum Gasteiger partial charge on any atom is -0.353 e. The number of carbonyl (C=O) groups is 1. The molecule has 1 aliphatic rings. The summed E-state index contributed by atoms with van der Waals surface area (Å²) >= 11 is 5.81. The molecule has 7 heteroatoms. The number of nitrogens with one attached hydrogen (secondary N) is 1. The third-order valence-corrected chi connectivity index (χ3v) is 3.71. The van der Waals surface area contributed by atoms with Crippen LogP contribution >= 0.6 is 11.6 Å². The van der Waals surface area contributed by atoms with Crippen LogP contribution in [0.25, 0.3) is 11.0 Å². The van der Waals surface area contributed by atoms with E-state index in [1.54, 1.807) is 4.57 Å². The van der Waals surface area contributed by atoms with Crippen LogP contribution in [0, 0.1) is 11.6 Å². The number of halogens is 3. The van der Waals surface area contributed by atoms with Crippen LogP contribution in [0.15, 0.2) is 12.1 Å². The molecule has 0 bridgehead atoms. The van der Waals surface area contributed by atoms with E-state index >= 15 is 0 Å². The van der Waals surface area contributed by atoms with E-state index in [9.17, 15) is 13.6 Å². The molecular formula is C14H14ClF2N3O. The van der Waals surface area contributed by atoms with E-state index in [-0.39, 0.29) is 23.7 Å². The van der Waals surface area contributed by atoms with Gasteiger partial charge in [-0.25, -0.2) is 13.8 Å². The number of hydrogen-bond acceptors (Lipinski definition) is 2. The highest BCUT2D eigenvalue weighted by Crippen LogP contribution is 2.23. The summed E-state index contributed by atoms with van der Waals surface area (Å²) in [6, 6.07) is 2.29. The molecule has 1 aromatic heterocycles. The number of carbonyl (C=O) groups excluding carboxylic acids is 1. The summed E-state index contributed by atoms with van der Waals surface area (Å²) in [4.78, 5) is 15.8. The number of rotatable bonds is 5. The fourth-order valence-corrected chi connectivity index (χ4v) is 2.49. The van der Waals surface area contributed by atoms with Crippen molar-refractivity contribution < 1.29 is 13.6 Å². The lowest BCUT2D eigenvalue weighted by molar-refractivity contribution is -0.121. The monoisotopic (exact) mass is 313 g/mol. The van der Waals surface area contributed by atoms with Crippen LogP contribution in [0.3, 0.4) is 0 Å². The zero-order valence-electron chi connectivity index (χ0n) is 11.2. The van der Waals surface area contributed by atoms with Crippen LogP contribution in [-0.4, -0.2) is 21.5 Å². The number of fused-ring (bicyclic) bond motifs is 1. The SMILES string of the molecule is O=C(CCn1c(CCl)nc2c(F)cc(F)cc21)NC1CC1. The molecule has 0 aliphatic heterocycles. The first kappa shape index (κ1) is 14.3. The zero-order chi connectivity index (χ0) is 15.0. The van der Waals surface area contributed by atoms with E-state index in [1.807, 2.05) is 0 Å². The second-order valence-electron chi connectivity index (χ2n) is 5.16. The molecule has 0 spiro atoms. The smallest absolute Gasteiger partial charge is 0.222 e. The van der Waals surface area contributed by atoms with Gasteiger partial charge in [-0.2, -0.15) is 0 Å². The van der Waals surface area contributed by atoms with Gasteiger partial charge in [-0.1, -0.05) is 0 Å². The van der Waals surface area contributed by atoms with Gasteiger partial charge in [0.15, 0.2) is 5.82 Å². The molecule has 1 amide bonds. The maximum absolute atomic E-state index is 13.7. The van der Waals surface area contributed by atoms with Crippen LogP contribution in [0.2, 0.25) is 0 Å². The van der Waals surface area contributed by atoms with Gasteiger partial charge < -0.3 is 9.88 Å². The first-order valence-corrected chi connectivity index (χ1v) is 7.31. The van der Waals surface area contributed by atoms with E-state index < -0.39 is 11.6 Å². The number of alkyl halides is 1. The van der Waals surface area contributed by atoms with Gasteiger partial charge in [0, 0.05) is 25.1 Å². The van der Waals surface area contributed by atoms with Gasteiger partial charge in [-0.3, -0.25) is 4.79 Å². The van der Waals surface area contributed by atoms with Crippen molar-refractivity contribution in [2.75, 3.05) is 0 Å². The van der Waals surface area contributed by atoms with Crippen molar-refractivity contribution in [3.05, 3.63) is 29.6 Å². The van der Waals surface area contributed by atoms with E-state index in [0.29, 0.717) is 23.9 Å². The Morgan fingerprint density at radius 1 is 1.43 bits per heavy atom. The third-order valence-electron chi connectivity index (χ3n) is 3.48. The molecule has 1 N–H and O–H groups in total. The number of benzene rings is 1. The van der Waals surface area contributed by atoms with Crippen molar-refractivity contribution in [2.24, 2.45) is 0 Å². The molecule has 4 nitrogen and oxygen atoms in total. The van der Waals surface area contributed by atoms with Gasteiger partial charge in [0.25, 0.3) is 0 Å². The molecule has 0 saturated heterocycles. The molecule has 0 radical (unpaired) electrons. The average Bonchev–Trinajstić information content (AvgIpc) is 3.16. The predicted octanol–water partition coefficient (Wildman–Crippen LogP) is 2.72. The Balaban J connectivity index is 1.86. The third kappa shape index (κ3) is 3.00. The molecule has 0 unspecified atom stereocenters. The zero-order valence-corrected chi connectivity index (χ0v) is 12.0. The Kier molecular flexibility index (Phi) is 3.80. The Labute approximate surface area is 125 Å². The minimum absolute atomic E-state index is 0.0694. The predicted molar refractivity (Wildman–Crippen MR) is 75.0 cm³/mol. The van der Waals surface area contributed by atoms with Gasteiger partial charge in [-0.05, 0) is 18.9 Å². The number of aromatic nitrogens is 2. The summed E-state index contributed by atoms with van der Waals surface area (Å²) in [6.07, 6.45) is 2.26. The molecule has 1 heterocycles. The lowest BCUT2D eigenvalue weighted by Gasteiger charge is -2.08. The van der Waals surface area contributed by atoms with Crippen molar-refractivity contribution >= 4 is 28.5 Å². The van der Waals surface area contributed by atoms with Gasteiger partial charge in [0.2, 0.25) is 5.91 Å². The molecule has 2 aromatic rings. The van der Waals surface area contributed by atoms with Crippen molar-refractivity contribution in [3.8, 4) is 0 Å². The number of imidazole rings is 1. The average molecular weight is 314 g/mol. The summed E-state index contributed by atoms with van der Waals surface area (Å²) in [6.45, 7) is 0.292. The Hall–Kier alpha value is -1.69. The molecule has 0 atom stereocenters. The number of hydrogen-bond donors (Lipinski definition) is 1. The Bertz CT molecular complexity index is 697. The first-order valence-electron chi connectivity index (χ1n) is 6.78. The summed E-state index contributed by atoms with van der Waals surface area (Å²) < 4.78 is 28.7. The lowest BCUT2D eigenvalue weighted by atomic mass is 10.3. The summed E-state index contributed by atoms with van der Waals surface area (Å²) in [5.41, 5.74) is 0.400. The second-order valence-corrected chi connectivity index (χ2v) is 5.43. The number of amides is 1. The van der Waals surface area contributed by atoms with Gasteiger partial charge in [-0.15, -0.1) is 11.6 Å². The molecule has 112 valence electrons. The van der Waals surface area contributed by atoms with Crippen molar-refractivity contribution in [1.29, 1.82) is 0 Å². The van der Waals surface area contributed by atoms with Crippen molar-refractivity contribution in [3.63, 3.8) is 0 Å². The molecule has 1 fully saturated rings. The maximum atomic E-state index is 13.7. The van der Waals surface area contributed by atoms with Gasteiger partial charge >= 0.3 is 0 Å².